The normalized spacial score (nSPS) is 11.8. The molecule has 0 saturated carbocycles. The van der Waals surface area contributed by atoms with Crippen molar-refractivity contribution >= 4 is 17.6 Å². The van der Waals surface area contributed by atoms with E-state index in [0.717, 1.165) is 5.56 Å². The number of amides is 1. The Morgan fingerprint density at radius 3 is 2.54 bits per heavy atom. The third-order valence-electron chi connectivity index (χ3n) is 3.50. The van der Waals surface area contributed by atoms with Gasteiger partial charge in [0.1, 0.15) is 0 Å². The highest BCUT2D eigenvalue weighted by molar-refractivity contribution is 5.86. The minimum Gasteiger partial charge on any atom is -0.545 e. The third kappa shape index (κ3) is 3.75. The van der Waals surface area contributed by atoms with E-state index in [-0.39, 0.29) is 24.8 Å². The minimum atomic E-state index is -1.23. The number of fused-ring (bicyclic) bond motifs is 1. The van der Waals surface area contributed by atoms with Crippen LogP contribution in [0.4, 0.5) is 5.69 Å². The highest BCUT2D eigenvalue weighted by Gasteiger charge is 2.13. The lowest BCUT2D eigenvalue weighted by molar-refractivity contribution is -0.255. The molecule has 1 aliphatic heterocycles. The van der Waals surface area contributed by atoms with Crippen molar-refractivity contribution in [3.63, 3.8) is 0 Å². The number of anilines is 1. The number of carbonyl (C=O) groups is 2. The molecule has 1 heterocycles. The molecule has 24 heavy (non-hydrogen) atoms. The first-order valence-corrected chi connectivity index (χ1v) is 7.32. The van der Waals surface area contributed by atoms with Crippen LogP contribution in [0.1, 0.15) is 15.9 Å². The summed E-state index contributed by atoms with van der Waals surface area (Å²) in [5.74, 6) is -0.0423. The molecule has 0 aromatic heterocycles. The predicted octanol–water partition coefficient (Wildman–Crippen LogP) is 0.507. The van der Waals surface area contributed by atoms with Crippen molar-refractivity contribution < 1.29 is 24.2 Å². The van der Waals surface area contributed by atoms with Crippen LogP contribution < -0.4 is 25.2 Å². The zero-order valence-corrected chi connectivity index (χ0v) is 12.7. The molecule has 2 aromatic rings. The lowest BCUT2D eigenvalue weighted by Gasteiger charge is -2.09. The fraction of sp³-hybridized carbons (Fsp3) is 0.176. The van der Waals surface area contributed by atoms with Crippen molar-refractivity contribution in [3.8, 4) is 11.5 Å². The first-order valence-electron chi connectivity index (χ1n) is 7.32. The topological polar surface area (TPSA) is 99.7 Å². The van der Waals surface area contributed by atoms with Gasteiger partial charge in [-0.25, -0.2) is 0 Å². The van der Waals surface area contributed by atoms with E-state index >= 15 is 0 Å². The number of carboxylic acid groups (broad SMARTS) is 1. The van der Waals surface area contributed by atoms with Gasteiger partial charge in [0.15, 0.2) is 11.5 Å². The van der Waals surface area contributed by atoms with E-state index in [4.69, 9.17) is 9.47 Å². The average Bonchev–Trinajstić information content (AvgIpc) is 3.06. The Morgan fingerprint density at radius 1 is 1.04 bits per heavy atom. The molecule has 7 heteroatoms. The largest absolute Gasteiger partial charge is 0.545 e. The first kappa shape index (κ1) is 15.7. The highest BCUT2D eigenvalue weighted by Crippen LogP contribution is 2.32. The van der Waals surface area contributed by atoms with Crippen LogP contribution in [-0.4, -0.2) is 25.2 Å². The number of nitrogens with one attached hydrogen (secondary N) is 2. The summed E-state index contributed by atoms with van der Waals surface area (Å²) in [5, 5.41) is 16.4. The molecule has 7 nitrogen and oxygen atoms in total. The Kier molecular flexibility index (Phi) is 4.51. The molecule has 124 valence electrons. The zero-order valence-electron chi connectivity index (χ0n) is 12.7. The maximum atomic E-state index is 11.9. The maximum Gasteiger partial charge on any atom is 0.239 e. The fourth-order valence-corrected chi connectivity index (χ4v) is 2.22. The molecule has 0 radical (unpaired) electrons. The van der Waals surface area contributed by atoms with Crippen molar-refractivity contribution in [1.29, 1.82) is 0 Å². The summed E-state index contributed by atoms with van der Waals surface area (Å²) in [7, 11) is 0. The van der Waals surface area contributed by atoms with Crippen molar-refractivity contribution in [3.05, 3.63) is 53.6 Å². The molecule has 0 atom stereocenters. The summed E-state index contributed by atoms with van der Waals surface area (Å²) in [4.78, 5) is 22.5. The van der Waals surface area contributed by atoms with Gasteiger partial charge in [0.05, 0.1) is 12.5 Å². The molecule has 3 rings (SSSR count). The first-order chi connectivity index (χ1) is 11.6. The zero-order chi connectivity index (χ0) is 16.9. The van der Waals surface area contributed by atoms with Gasteiger partial charge in [-0.05, 0) is 35.4 Å². The number of rotatable bonds is 6. The smallest absolute Gasteiger partial charge is 0.239 e. The molecule has 0 unspecified atom stereocenters. The number of aromatic carboxylic acids is 1. The van der Waals surface area contributed by atoms with Gasteiger partial charge >= 0.3 is 0 Å². The van der Waals surface area contributed by atoms with Gasteiger partial charge in [-0.2, -0.15) is 0 Å². The van der Waals surface area contributed by atoms with Crippen LogP contribution in [0, 0.1) is 0 Å². The lowest BCUT2D eigenvalue weighted by atomic mass is 10.2. The van der Waals surface area contributed by atoms with Crippen LogP contribution in [0.5, 0.6) is 11.5 Å². The van der Waals surface area contributed by atoms with E-state index < -0.39 is 5.97 Å². The van der Waals surface area contributed by atoms with Crippen LogP contribution in [0.15, 0.2) is 42.5 Å². The molecule has 0 bridgehead atoms. The predicted molar refractivity (Wildman–Crippen MR) is 83.7 cm³/mol. The van der Waals surface area contributed by atoms with Gasteiger partial charge in [-0.15, -0.1) is 0 Å². The number of carbonyl (C=O) groups excluding carboxylic acids is 2. The molecule has 1 amide bonds. The van der Waals surface area contributed by atoms with Crippen molar-refractivity contribution in [2.75, 3.05) is 18.7 Å². The molecule has 0 aliphatic carbocycles. The van der Waals surface area contributed by atoms with Gasteiger partial charge in [-0.3, -0.25) is 4.79 Å². The number of benzene rings is 2. The summed E-state index contributed by atoms with van der Waals surface area (Å²) < 4.78 is 10.5. The van der Waals surface area contributed by atoms with Gasteiger partial charge in [0, 0.05) is 12.2 Å². The number of carboxylic acids is 1. The van der Waals surface area contributed by atoms with E-state index in [1.807, 2.05) is 12.1 Å². The van der Waals surface area contributed by atoms with E-state index in [2.05, 4.69) is 10.6 Å². The van der Waals surface area contributed by atoms with Gasteiger partial charge in [0.2, 0.25) is 12.7 Å². The van der Waals surface area contributed by atoms with Crippen LogP contribution in [-0.2, 0) is 11.3 Å². The van der Waals surface area contributed by atoms with Crippen LogP contribution in [0.3, 0.4) is 0 Å². The van der Waals surface area contributed by atoms with E-state index in [0.29, 0.717) is 23.7 Å². The SMILES string of the molecule is O=C(CNc1ccc(C(=O)[O-])cc1)NCc1ccc2c(c1)OCO2. The molecule has 1 aliphatic rings. The summed E-state index contributed by atoms with van der Waals surface area (Å²) in [6.45, 7) is 0.668. The molecule has 0 saturated heterocycles. The molecule has 0 fully saturated rings. The van der Waals surface area contributed by atoms with Gasteiger partial charge in [0.25, 0.3) is 0 Å². The highest BCUT2D eigenvalue weighted by atomic mass is 16.7. The Balaban J connectivity index is 1.46. The van der Waals surface area contributed by atoms with Crippen LogP contribution >= 0.6 is 0 Å². The van der Waals surface area contributed by atoms with Crippen LogP contribution in [0.2, 0.25) is 0 Å². The second kappa shape index (κ2) is 6.91. The standard InChI is InChI=1S/C17H16N2O5/c20-16(9-18-13-4-2-12(3-5-13)17(21)22)19-8-11-1-6-14-15(7-11)24-10-23-14/h1-7,18H,8-10H2,(H,19,20)(H,21,22)/p-1. The molecule has 2 aromatic carbocycles. The average molecular weight is 327 g/mol. The quantitative estimate of drug-likeness (QED) is 0.802. The second-order valence-corrected chi connectivity index (χ2v) is 5.18. The molecule has 2 N–H and O–H groups in total. The third-order valence-corrected chi connectivity index (χ3v) is 3.50. The lowest BCUT2D eigenvalue weighted by Crippen LogP contribution is -2.29. The summed E-state index contributed by atoms with van der Waals surface area (Å²) in [6, 6.07) is 11.5. The second-order valence-electron chi connectivity index (χ2n) is 5.18. The number of ether oxygens (including phenoxy) is 2. The minimum absolute atomic E-state index is 0.0786. The number of hydrogen-bond acceptors (Lipinski definition) is 6. The molecule has 0 spiro atoms. The molecular weight excluding hydrogens is 312 g/mol. The Morgan fingerprint density at radius 2 is 1.79 bits per heavy atom. The van der Waals surface area contributed by atoms with Gasteiger partial charge < -0.3 is 30.0 Å². The maximum absolute atomic E-state index is 11.9. The number of hydrogen-bond donors (Lipinski definition) is 2. The Hall–Kier alpha value is -3.22. The fourth-order valence-electron chi connectivity index (χ4n) is 2.22. The van der Waals surface area contributed by atoms with E-state index in [1.54, 1.807) is 18.2 Å². The van der Waals surface area contributed by atoms with E-state index in [1.165, 1.54) is 12.1 Å². The summed E-state index contributed by atoms with van der Waals surface area (Å²) >= 11 is 0. The Labute approximate surface area is 138 Å². The monoisotopic (exact) mass is 327 g/mol. The van der Waals surface area contributed by atoms with E-state index in [9.17, 15) is 14.7 Å². The Bertz CT molecular complexity index is 758. The van der Waals surface area contributed by atoms with Crippen molar-refractivity contribution in [1.82, 2.24) is 5.32 Å². The summed E-state index contributed by atoms with van der Waals surface area (Å²) in [6.07, 6.45) is 0. The van der Waals surface area contributed by atoms with Crippen molar-refractivity contribution in [2.24, 2.45) is 0 Å². The van der Waals surface area contributed by atoms with Crippen molar-refractivity contribution in [2.45, 2.75) is 6.54 Å². The summed E-state index contributed by atoms with van der Waals surface area (Å²) in [5.41, 5.74) is 1.65. The molecular formula is C17H15N2O5-. The van der Waals surface area contributed by atoms with Crippen LogP contribution in [0.25, 0.3) is 0 Å². The van der Waals surface area contributed by atoms with Gasteiger partial charge in [-0.1, -0.05) is 18.2 Å².